The average molecular weight is 222 g/mol. The third-order valence-electron chi connectivity index (χ3n) is 1.92. The number of oxime groups is 1. The number of aliphatic imine (C=N–C) groups is 1. The first kappa shape index (κ1) is 11.8. The van der Waals surface area contributed by atoms with Crippen molar-refractivity contribution in [1.29, 1.82) is 0 Å². The Bertz CT molecular complexity index is 346. The van der Waals surface area contributed by atoms with Crippen molar-refractivity contribution in [2.45, 2.75) is 6.61 Å². The Labute approximate surface area is 94.2 Å². The Morgan fingerprint density at radius 3 is 2.53 bits per heavy atom. The van der Waals surface area contributed by atoms with Crippen molar-refractivity contribution >= 4 is 23.5 Å². The van der Waals surface area contributed by atoms with E-state index in [1.165, 1.54) is 0 Å². The number of benzene rings is 1. The lowest BCUT2D eigenvalue weighted by Gasteiger charge is -2.04. The lowest BCUT2D eigenvalue weighted by atomic mass is 10.1. The predicted octanol–water partition coefficient (Wildman–Crippen LogP) is 2.56. The highest BCUT2D eigenvalue weighted by Crippen LogP contribution is 2.12. The van der Waals surface area contributed by atoms with Crippen LogP contribution in [0.2, 0.25) is 0 Å². The second-order valence-electron chi connectivity index (χ2n) is 2.83. The molecule has 0 atom stereocenters. The summed E-state index contributed by atoms with van der Waals surface area (Å²) >= 11 is 1.64. The minimum Gasteiger partial charge on any atom is -0.391 e. The van der Waals surface area contributed by atoms with Crippen LogP contribution < -0.4 is 0 Å². The van der Waals surface area contributed by atoms with Crippen LogP contribution in [0, 0.1) is 0 Å². The third-order valence-corrected chi connectivity index (χ3v) is 2.72. The van der Waals surface area contributed by atoms with Crippen LogP contribution in [-0.4, -0.2) is 25.1 Å². The third kappa shape index (κ3) is 3.40. The summed E-state index contributed by atoms with van der Waals surface area (Å²) in [5.41, 5.74) is 2.20. The first-order valence-corrected chi connectivity index (χ1v) is 5.72. The number of hydrogen-bond acceptors (Lipinski definition) is 4. The van der Waals surface area contributed by atoms with E-state index >= 15 is 0 Å². The van der Waals surface area contributed by atoms with Gasteiger partial charge in [-0.2, -0.15) is 0 Å². The van der Waals surface area contributed by atoms with E-state index < -0.39 is 0 Å². The molecular formula is C11H14N2OS. The highest BCUT2D eigenvalue weighted by molar-refractivity contribution is 8.13. The number of thioether (sulfide) groups is 1. The van der Waals surface area contributed by atoms with Gasteiger partial charge in [0.05, 0.1) is 5.04 Å². The van der Waals surface area contributed by atoms with Gasteiger partial charge in [-0.15, -0.1) is 16.9 Å². The molecule has 1 rings (SSSR count). The molecule has 1 aromatic carbocycles. The van der Waals surface area contributed by atoms with E-state index in [9.17, 15) is 0 Å². The summed E-state index contributed by atoms with van der Waals surface area (Å²) < 4.78 is 0. The number of rotatable bonds is 4. The summed E-state index contributed by atoms with van der Waals surface area (Å²) in [7, 11) is 1.80. The van der Waals surface area contributed by atoms with Crippen LogP contribution in [0.4, 0.5) is 0 Å². The highest BCUT2D eigenvalue weighted by Gasteiger charge is 2.00. The van der Waals surface area contributed by atoms with Crippen LogP contribution >= 0.6 is 11.8 Å². The van der Waals surface area contributed by atoms with Gasteiger partial charge in [0.15, 0.2) is 0 Å². The smallest absolute Gasteiger partial charge is 0.142 e. The SMILES string of the molecule is C=NOCc1ccc(C(=NC)SC)cc1. The van der Waals surface area contributed by atoms with Crippen LogP contribution in [0.15, 0.2) is 34.4 Å². The molecule has 0 N–H and O–H groups in total. The molecule has 0 aliphatic rings. The number of hydrogen-bond donors (Lipinski definition) is 0. The topological polar surface area (TPSA) is 34.0 Å². The molecule has 0 bridgehead atoms. The molecule has 0 saturated carbocycles. The molecule has 0 unspecified atom stereocenters. The fourth-order valence-corrected chi connectivity index (χ4v) is 1.76. The van der Waals surface area contributed by atoms with Crippen molar-refractivity contribution in [3.05, 3.63) is 35.4 Å². The summed E-state index contributed by atoms with van der Waals surface area (Å²) in [5, 5.41) is 4.37. The van der Waals surface area contributed by atoms with Crippen molar-refractivity contribution in [3.63, 3.8) is 0 Å². The van der Waals surface area contributed by atoms with Crippen molar-refractivity contribution in [1.82, 2.24) is 0 Å². The summed E-state index contributed by atoms with van der Waals surface area (Å²) in [4.78, 5) is 9.04. The van der Waals surface area contributed by atoms with Crippen molar-refractivity contribution < 1.29 is 4.84 Å². The van der Waals surface area contributed by atoms with E-state index in [1.807, 2.05) is 30.5 Å². The van der Waals surface area contributed by atoms with Crippen LogP contribution in [-0.2, 0) is 11.4 Å². The minimum atomic E-state index is 0.460. The van der Waals surface area contributed by atoms with E-state index in [4.69, 9.17) is 4.84 Å². The maximum Gasteiger partial charge on any atom is 0.142 e. The van der Waals surface area contributed by atoms with Crippen LogP contribution in [0.5, 0.6) is 0 Å². The quantitative estimate of drug-likeness (QED) is 0.446. The number of nitrogens with zero attached hydrogens (tertiary/aromatic N) is 2. The summed E-state index contributed by atoms with van der Waals surface area (Å²) in [6, 6.07) is 8.06. The Kier molecular flexibility index (Phi) is 4.90. The molecule has 80 valence electrons. The highest BCUT2D eigenvalue weighted by atomic mass is 32.2. The van der Waals surface area contributed by atoms with Gasteiger partial charge in [0, 0.05) is 19.3 Å². The van der Waals surface area contributed by atoms with Gasteiger partial charge in [-0.3, -0.25) is 4.99 Å². The van der Waals surface area contributed by atoms with Gasteiger partial charge in [0.2, 0.25) is 0 Å². The van der Waals surface area contributed by atoms with Crippen molar-refractivity contribution in [2.24, 2.45) is 10.1 Å². The Hall–Kier alpha value is -1.29. The van der Waals surface area contributed by atoms with Gasteiger partial charge >= 0.3 is 0 Å². The minimum absolute atomic E-state index is 0.460. The molecule has 0 aliphatic heterocycles. The molecule has 0 fully saturated rings. The zero-order chi connectivity index (χ0) is 11.1. The Morgan fingerprint density at radius 2 is 2.07 bits per heavy atom. The van der Waals surface area contributed by atoms with E-state index in [-0.39, 0.29) is 0 Å². The lowest BCUT2D eigenvalue weighted by molar-refractivity contribution is 0.133. The molecule has 0 spiro atoms. The fraction of sp³-hybridized carbons (Fsp3) is 0.273. The van der Waals surface area contributed by atoms with E-state index in [2.05, 4.69) is 16.9 Å². The second kappa shape index (κ2) is 6.24. The molecule has 15 heavy (non-hydrogen) atoms. The molecule has 1 aromatic rings. The van der Waals surface area contributed by atoms with Crippen LogP contribution in [0.25, 0.3) is 0 Å². The average Bonchev–Trinajstić information content (AvgIpc) is 2.29. The zero-order valence-corrected chi connectivity index (χ0v) is 9.75. The molecule has 3 nitrogen and oxygen atoms in total. The fourth-order valence-electron chi connectivity index (χ4n) is 1.20. The van der Waals surface area contributed by atoms with Gasteiger partial charge < -0.3 is 4.84 Å². The molecule has 0 aliphatic carbocycles. The van der Waals surface area contributed by atoms with Gasteiger partial charge in [-0.05, 0) is 11.8 Å². The maximum absolute atomic E-state index is 4.85. The molecule has 0 amide bonds. The maximum atomic E-state index is 4.85. The van der Waals surface area contributed by atoms with Crippen molar-refractivity contribution in [3.8, 4) is 0 Å². The molecule has 0 radical (unpaired) electrons. The van der Waals surface area contributed by atoms with Gasteiger partial charge in [0.1, 0.15) is 6.61 Å². The normalized spacial score (nSPS) is 11.2. The van der Waals surface area contributed by atoms with Crippen LogP contribution in [0.3, 0.4) is 0 Å². The molecule has 4 heteroatoms. The molecular weight excluding hydrogens is 208 g/mol. The van der Waals surface area contributed by atoms with E-state index in [0.29, 0.717) is 6.61 Å². The van der Waals surface area contributed by atoms with Gasteiger partial charge in [0.25, 0.3) is 0 Å². The Balaban J connectivity index is 2.75. The van der Waals surface area contributed by atoms with E-state index in [0.717, 1.165) is 16.2 Å². The largest absolute Gasteiger partial charge is 0.391 e. The first-order valence-electron chi connectivity index (χ1n) is 4.50. The zero-order valence-electron chi connectivity index (χ0n) is 8.93. The molecule has 0 heterocycles. The first-order chi connectivity index (χ1) is 7.31. The molecule has 0 saturated heterocycles. The van der Waals surface area contributed by atoms with Gasteiger partial charge in [-0.1, -0.05) is 24.3 Å². The van der Waals surface area contributed by atoms with Crippen molar-refractivity contribution in [2.75, 3.05) is 13.3 Å². The van der Waals surface area contributed by atoms with Gasteiger partial charge in [-0.25, -0.2) is 0 Å². The molecule has 0 aromatic heterocycles. The monoisotopic (exact) mass is 222 g/mol. The van der Waals surface area contributed by atoms with Crippen LogP contribution in [0.1, 0.15) is 11.1 Å². The summed E-state index contributed by atoms with van der Waals surface area (Å²) in [6.45, 7) is 3.71. The second-order valence-corrected chi connectivity index (χ2v) is 3.63. The lowest BCUT2D eigenvalue weighted by Crippen LogP contribution is -1.95. The Morgan fingerprint density at radius 1 is 1.40 bits per heavy atom. The predicted molar refractivity (Wildman–Crippen MR) is 66.8 cm³/mol. The summed E-state index contributed by atoms with van der Waals surface area (Å²) in [5.74, 6) is 0. The summed E-state index contributed by atoms with van der Waals surface area (Å²) in [6.07, 6.45) is 2.01. The van der Waals surface area contributed by atoms with E-state index in [1.54, 1.807) is 18.8 Å². The standard InChI is InChI=1S/C11H14N2OS/c1-12-11(15-3)10-6-4-9(5-7-10)8-14-13-2/h4-7H,2,8H2,1,3H3.